The van der Waals surface area contributed by atoms with Crippen molar-refractivity contribution in [2.45, 2.75) is 19.9 Å². The maximum Gasteiger partial charge on any atom is 0.296 e. The molecule has 0 saturated carbocycles. The number of aromatic nitrogens is 1. The monoisotopic (exact) mass is 248 g/mol. The molecule has 1 aromatic carbocycles. The Balaban J connectivity index is 2.02. The summed E-state index contributed by atoms with van der Waals surface area (Å²) in [4.78, 5) is 15.6. The molecule has 0 aliphatic carbocycles. The highest BCUT2D eigenvalue weighted by atomic mass is 16.4. The van der Waals surface area contributed by atoms with E-state index in [0.717, 1.165) is 0 Å². The van der Waals surface area contributed by atoms with Crippen LogP contribution < -0.4 is 16.4 Å². The lowest BCUT2D eigenvalue weighted by Gasteiger charge is -2.07. The van der Waals surface area contributed by atoms with Crippen molar-refractivity contribution in [2.75, 3.05) is 17.6 Å². The van der Waals surface area contributed by atoms with Gasteiger partial charge in [-0.05, 0) is 26.0 Å². The lowest BCUT2D eigenvalue weighted by Crippen LogP contribution is -2.34. The maximum atomic E-state index is 11.4. The summed E-state index contributed by atoms with van der Waals surface area (Å²) >= 11 is 0. The number of nitrogens with zero attached hydrogens (tertiary/aromatic N) is 1. The summed E-state index contributed by atoms with van der Waals surface area (Å²) in [7, 11) is 0. The molecule has 4 N–H and O–H groups in total. The van der Waals surface area contributed by atoms with E-state index in [4.69, 9.17) is 10.2 Å². The summed E-state index contributed by atoms with van der Waals surface area (Å²) in [5.41, 5.74) is 7.55. The molecule has 0 saturated heterocycles. The first kappa shape index (κ1) is 12.2. The zero-order valence-electron chi connectivity index (χ0n) is 10.4. The van der Waals surface area contributed by atoms with E-state index in [2.05, 4.69) is 15.6 Å². The van der Waals surface area contributed by atoms with E-state index in [0.29, 0.717) is 22.8 Å². The topological polar surface area (TPSA) is 93.2 Å². The Bertz CT molecular complexity index is 562. The summed E-state index contributed by atoms with van der Waals surface area (Å²) in [6.45, 7) is 3.93. The lowest BCUT2D eigenvalue weighted by atomic mass is 10.3. The van der Waals surface area contributed by atoms with Gasteiger partial charge in [0.05, 0.1) is 6.54 Å². The van der Waals surface area contributed by atoms with E-state index in [1.165, 1.54) is 0 Å². The highest BCUT2D eigenvalue weighted by molar-refractivity contribution is 5.81. The third-order valence-corrected chi connectivity index (χ3v) is 2.26. The Morgan fingerprint density at radius 3 is 3.00 bits per heavy atom. The van der Waals surface area contributed by atoms with Crippen LogP contribution in [-0.4, -0.2) is 23.5 Å². The van der Waals surface area contributed by atoms with E-state index >= 15 is 0 Å². The molecule has 0 spiro atoms. The lowest BCUT2D eigenvalue weighted by molar-refractivity contribution is -0.119. The molecule has 0 unspecified atom stereocenters. The Morgan fingerprint density at radius 1 is 1.50 bits per heavy atom. The van der Waals surface area contributed by atoms with Gasteiger partial charge in [-0.15, -0.1) is 0 Å². The van der Waals surface area contributed by atoms with Crippen LogP contribution in [0.15, 0.2) is 22.6 Å². The Hall–Kier alpha value is -2.24. The van der Waals surface area contributed by atoms with Crippen LogP contribution >= 0.6 is 0 Å². The van der Waals surface area contributed by atoms with Crippen LogP contribution in [0.4, 0.5) is 11.7 Å². The van der Waals surface area contributed by atoms with Crippen molar-refractivity contribution < 1.29 is 9.21 Å². The largest absolute Gasteiger partial charge is 0.423 e. The minimum Gasteiger partial charge on any atom is -0.423 e. The number of amides is 1. The molecule has 0 bridgehead atoms. The number of benzene rings is 1. The molecule has 0 aliphatic heterocycles. The minimum absolute atomic E-state index is 0.105. The molecule has 18 heavy (non-hydrogen) atoms. The van der Waals surface area contributed by atoms with Crippen LogP contribution in [0.2, 0.25) is 0 Å². The molecule has 0 atom stereocenters. The summed E-state index contributed by atoms with van der Waals surface area (Å²) in [6.07, 6.45) is 0. The van der Waals surface area contributed by atoms with E-state index < -0.39 is 0 Å². The van der Waals surface area contributed by atoms with Crippen molar-refractivity contribution >= 4 is 28.7 Å². The molecule has 1 heterocycles. The number of carbonyl (C=O) groups excluding carboxylic acids is 1. The molecule has 1 amide bonds. The molecule has 6 nitrogen and oxygen atoms in total. The van der Waals surface area contributed by atoms with Gasteiger partial charge in [-0.3, -0.25) is 4.79 Å². The zero-order chi connectivity index (χ0) is 13.1. The summed E-state index contributed by atoms with van der Waals surface area (Å²) < 4.78 is 5.42. The van der Waals surface area contributed by atoms with E-state index in [9.17, 15) is 4.79 Å². The third kappa shape index (κ3) is 2.91. The van der Waals surface area contributed by atoms with Gasteiger partial charge in [-0.1, -0.05) is 0 Å². The maximum absolute atomic E-state index is 11.4. The molecule has 96 valence electrons. The van der Waals surface area contributed by atoms with E-state index in [-0.39, 0.29) is 18.5 Å². The van der Waals surface area contributed by atoms with Crippen LogP contribution in [0, 0.1) is 0 Å². The number of carbonyl (C=O) groups is 1. The van der Waals surface area contributed by atoms with Crippen molar-refractivity contribution in [1.82, 2.24) is 10.3 Å². The first-order valence-electron chi connectivity index (χ1n) is 5.74. The van der Waals surface area contributed by atoms with Gasteiger partial charge in [0.2, 0.25) is 5.91 Å². The smallest absolute Gasteiger partial charge is 0.296 e. The molecule has 0 fully saturated rings. The number of nitrogen functional groups attached to an aromatic ring is 1. The average molecular weight is 248 g/mol. The predicted octanol–water partition coefficient (Wildman–Crippen LogP) is 1.35. The molecule has 0 aliphatic rings. The Kier molecular flexibility index (Phi) is 3.36. The highest BCUT2D eigenvalue weighted by Gasteiger charge is 2.08. The standard InChI is InChI=1S/C12H16N4O2/c1-7(2)15-11(17)6-14-12-16-9-4-3-8(13)5-10(9)18-12/h3-5,7H,6,13H2,1-2H3,(H,14,16)(H,15,17). The third-order valence-electron chi connectivity index (χ3n) is 2.26. The average Bonchev–Trinajstić information content (AvgIpc) is 2.67. The SMILES string of the molecule is CC(C)NC(=O)CNc1nc2ccc(N)cc2o1. The number of oxazole rings is 1. The molecule has 6 heteroatoms. The molecular formula is C12H16N4O2. The van der Waals surface area contributed by atoms with E-state index in [1.54, 1.807) is 18.2 Å². The number of rotatable bonds is 4. The van der Waals surface area contributed by atoms with Gasteiger partial charge in [-0.25, -0.2) is 0 Å². The fourth-order valence-electron chi connectivity index (χ4n) is 1.55. The molecular weight excluding hydrogens is 232 g/mol. The Morgan fingerprint density at radius 2 is 2.28 bits per heavy atom. The van der Waals surface area contributed by atoms with Gasteiger partial charge in [0, 0.05) is 17.8 Å². The fraction of sp³-hybridized carbons (Fsp3) is 0.333. The molecule has 2 rings (SSSR count). The van der Waals surface area contributed by atoms with Crippen molar-refractivity contribution in [3.63, 3.8) is 0 Å². The summed E-state index contributed by atoms with van der Waals surface area (Å²) in [5.74, 6) is -0.105. The Labute approximate surface area is 105 Å². The van der Waals surface area contributed by atoms with Crippen molar-refractivity contribution in [1.29, 1.82) is 0 Å². The molecule has 2 aromatic rings. The van der Waals surface area contributed by atoms with Crippen LogP contribution in [0.3, 0.4) is 0 Å². The molecule has 1 aromatic heterocycles. The number of nitrogens with two attached hydrogens (primary N) is 1. The first-order valence-corrected chi connectivity index (χ1v) is 5.74. The van der Waals surface area contributed by atoms with Gasteiger partial charge >= 0.3 is 0 Å². The second-order valence-electron chi connectivity index (χ2n) is 4.32. The second-order valence-corrected chi connectivity index (χ2v) is 4.32. The summed E-state index contributed by atoms with van der Waals surface area (Å²) in [5, 5.41) is 5.59. The van der Waals surface area contributed by atoms with Crippen molar-refractivity contribution in [2.24, 2.45) is 0 Å². The molecule has 0 radical (unpaired) electrons. The minimum atomic E-state index is -0.105. The number of anilines is 2. The highest BCUT2D eigenvalue weighted by Crippen LogP contribution is 2.20. The second kappa shape index (κ2) is 4.95. The van der Waals surface area contributed by atoms with E-state index in [1.807, 2.05) is 13.8 Å². The normalized spacial score (nSPS) is 10.8. The predicted molar refractivity (Wildman–Crippen MR) is 70.2 cm³/mol. The van der Waals surface area contributed by atoms with Gasteiger partial charge in [0.1, 0.15) is 5.52 Å². The first-order chi connectivity index (χ1) is 8.54. The fourth-order valence-corrected chi connectivity index (χ4v) is 1.55. The van der Waals surface area contributed by atoms with Crippen LogP contribution in [0.5, 0.6) is 0 Å². The number of hydrogen-bond acceptors (Lipinski definition) is 5. The zero-order valence-corrected chi connectivity index (χ0v) is 10.4. The van der Waals surface area contributed by atoms with Crippen molar-refractivity contribution in [3.05, 3.63) is 18.2 Å². The van der Waals surface area contributed by atoms with Crippen molar-refractivity contribution in [3.8, 4) is 0 Å². The van der Waals surface area contributed by atoms with Gasteiger partial charge in [-0.2, -0.15) is 4.98 Å². The number of fused-ring (bicyclic) bond motifs is 1. The van der Waals surface area contributed by atoms with Gasteiger partial charge in [0.15, 0.2) is 5.58 Å². The number of hydrogen-bond donors (Lipinski definition) is 3. The van der Waals surface area contributed by atoms with Gasteiger partial charge < -0.3 is 20.8 Å². The summed E-state index contributed by atoms with van der Waals surface area (Å²) in [6, 6.07) is 5.65. The van der Waals surface area contributed by atoms with Crippen LogP contribution in [-0.2, 0) is 4.79 Å². The van der Waals surface area contributed by atoms with Crippen LogP contribution in [0.1, 0.15) is 13.8 Å². The van der Waals surface area contributed by atoms with Gasteiger partial charge in [0.25, 0.3) is 6.01 Å². The van der Waals surface area contributed by atoms with Crippen LogP contribution in [0.25, 0.3) is 11.1 Å². The number of nitrogens with one attached hydrogen (secondary N) is 2. The quantitative estimate of drug-likeness (QED) is 0.710.